The average Bonchev–Trinajstić information content (AvgIpc) is 2.68. The Morgan fingerprint density at radius 2 is 1.68 bits per heavy atom. The molecule has 0 bridgehead atoms. The van der Waals surface area contributed by atoms with Crippen molar-refractivity contribution < 1.29 is 31.1 Å². The van der Waals surface area contributed by atoms with Gasteiger partial charge < -0.3 is 9.47 Å². The zero-order chi connectivity index (χ0) is 20.8. The van der Waals surface area contributed by atoms with E-state index < -0.39 is 19.9 Å². The highest BCUT2D eigenvalue weighted by Crippen LogP contribution is 2.25. The molecule has 0 N–H and O–H groups in total. The van der Waals surface area contributed by atoms with Gasteiger partial charge in [-0.15, -0.1) is 0 Å². The molecule has 2 rings (SSSR count). The molecule has 0 unspecified atom stereocenters. The lowest BCUT2D eigenvalue weighted by molar-refractivity contribution is -0.149. The summed E-state index contributed by atoms with van der Waals surface area (Å²) < 4.78 is 60.2. The van der Waals surface area contributed by atoms with Gasteiger partial charge in [0, 0.05) is 18.8 Å². The van der Waals surface area contributed by atoms with E-state index in [9.17, 15) is 21.6 Å². The topological polar surface area (TPSA) is 107 Å². The second-order valence-electron chi connectivity index (χ2n) is 6.49. The van der Waals surface area contributed by atoms with Gasteiger partial charge in [0.25, 0.3) is 0 Å². The summed E-state index contributed by atoms with van der Waals surface area (Å²) >= 11 is 0. The van der Waals surface area contributed by atoms with Gasteiger partial charge in [-0.3, -0.25) is 4.79 Å². The molecule has 28 heavy (non-hydrogen) atoms. The lowest BCUT2D eigenvalue weighted by atomic mass is 9.98. The van der Waals surface area contributed by atoms with Gasteiger partial charge >= 0.3 is 5.97 Å². The highest BCUT2D eigenvalue weighted by Gasteiger charge is 2.32. The predicted octanol–water partition coefficient (Wildman–Crippen LogP) is 1.46. The Hall–Kier alpha value is -1.65. The number of piperidine rings is 1. The van der Waals surface area contributed by atoms with Crippen molar-refractivity contribution in [3.05, 3.63) is 24.3 Å². The molecule has 10 heteroatoms. The molecule has 0 aromatic heterocycles. The van der Waals surface area contributed by atoms with E-state index in [1.807, 2.05) is 0 Å². The molecule has 1 fully saturated rings. The third-order valence-corrected chi connectivity index (χ3v) is 8.22. The van der Waals surface area contributed by atoms with Gasteiger partial charge in [0.2, 0.25) is 10.0 Å². The zero-order valence-electron chi connectivity index (χ0n) is 16.2. The van der Waals surface area contributed by atoms with Crippen LogP contribution >= 0.6 is 0 Å². The first-order chi connectivity index (χ1) is 13.2. The third-order valence-electron chi connectivity index (χ3n) is 4.64. The minimum atomic E-state index is -3.66. The van der Waals surface area contributed by atoms with Gasteiger partial charge in [0.15, 0.2) is 9.84 Å². The van der Waals surface area contributed by atoms with Crippen LogP contribution in [0.4, 0.5) is 0 Å². The fourth-order valence-corrected chi connectivity index (χ4v) is 4.98. The standard InChI is InChI=1S/C18H27NO7S2/c1-3-25-18(20)15-9-11-19(12-10-15)28(23,24)17-7-5-16(6-8-17)26-13-14-27(21,22)4-2/h5-8,15H,3-4,9-14H2,1-2H3. The van der Waals surface area contributed by atoms with Gasteiger partial charge in [-0.1, -0.05) is 6.92 Å². The molecule has 0 radical (unpaired) electrons. The average molecular weight is 434 g/mol. The van der Waals surface area contributed by atoms with Gasteiger partial charge in [0.1, 0.15) is 12.4 Å². The molecule has 0 atom stereocenters. The molecule has 0 spiro atoms. The van der Waals surface area contributed by atoms with Crippen molar-refractivity contribution in [2.45, 2.75) is 31.6 Å². The second kappa shape index (κ2) is 9.71. The van der Waals surface area contributed by atoms with Crippen LogP contribution in [-0.4, -0.2) is 64.9 Å². The van der Waals surface area contributed by atoms with Gasteiger partial charge in [-0.25, -0.2) is 16.8 Å². The molecule has 0 saturated carbocycles. The summed E-state index contributed by atoms with van der Waals surface area (Å²) in [5, 5.41) is 0. The molecule has 158 valence electrons. The van der Waals surface area contributed by atoms with E-state index in [0.717, 1.165) is 0 Å². The highest BCUT2D eigenvalue weighted by molar-refractivity contribution is 7.91. The van der Waals surface area contributed by atoms with Crippen molar-refractivity contribution in [3.63, 3.8) is 0 Å². The van der Waals surface area contributed by atoms with Crippen LogP contribution in [0.3, 0.4) is 0 Å². The normalized spacial score (nSPS) is 16.6. The Morgan fingerprint density at radius 1 is 1.07 bits per heavy atom. The smallest absolute Gasteiger partial charge is 0.309 e. The summed E-state index contributed by atoms with van der Waals surface area (Å²) in [6.07, 6.45) is 0.871. The van der Waals surface area contributed by atoms with Crippen LogP contribution in [0.5, 0.6) is 5.75 Å². The monoisotopic (exact) mass is 433 g/mol. The van der Waals surface area contributed by atoms with Gasteiger partial charge in [0.05, 0.1) is 23.2 Å². The number of sulfone groups is 1. The Kier molecular flexibility index (Phi) is 7.85. The summed E-state index contributed by atoms with van der Waals surface area (Å²) in [4.78, 5) is 11.9. The molecule has 1 aromatic carbocycles. The van der Waals surface area contributed by atoms with Crippen molar-refractivity contribution in [1.29, 1.82) is 0 Å². The van der Waals surface area contributed by atoms with Crippen molar-refractivity contribution in [2.75, 3.05) is 37.8 Å². The maximum atomic E-state index is 12.8. The maximum absolute atomic E-state index is 12.8. The lowest BCUT2D eigenvalue weighted by Crippen LogP contribution is -2.40. The quantitative estimate of drug-likeness (QED) is 0.543. The lowest BCUT2D eigenvalue weighted by Gasteiger charge is -2.30. The van der Waals surface area contributed by atoms with Gasteiger partial charge in [-0.2, -0.15) is 4.31 Å². The summed E-state index contributed by atoms with van der Waals surface area (Å²) in [7, 11) is -6.77. The van der Waals surface area contributed by atoms with E-state index in [4.69, 9.17) is 9.47 Å². The first-order valence-electron chi connectivity index (χ1n) is 9.29. The van der Waals surface area contributed by atoms with E-state index in [1.54, 1.807) is 13.8 Å². The fraction of sp³-hybridized carbons (Fsp3) is 0.611. The molecule has 1 aliphatic heterocycles. The summed E-state index contributed by atoms with van der Waals surface area (Å²) in [6.45, 7) is 4.18. The minimum Gasteiger partial charge on any atom is -0.493 e. The van der Waals surface area contributed by atoms with Crippen LogP contribution in [-0.2, 0) is 29.4 Å². The summed E-state index contributed by atoms with van der Waals surface area (Å²) in [5.74, 6) is -0.154. The largest absolute Gasteiger partial charge is 0.493 e. The Balaban J connectivity index is 1.94. The van der Waals surface area contributed by atoms with Gasteiger partial charge in [-0.05, 0) is 44.0 Å². The van der Waals surface area contributed by atoms with Crippen LogP contribution in [0.2, 0.25) is 0 Å². The Bertz CT molecular complexity index is 856. The number of carbonyl (C=O) groups is 1. The number of hydrogen-bond acceptors (Lipinski definition) is 7. The van der Waals surface area contributed by atoms with Crippen LogP contribution in [0.1, 0.15) is 26.7 Å². The molecular formula is C18H27NO7S2. The SMILES string of the molecule is CCOC(=O)C1CCN(S(=O)(=O)c2ccc(OCCS(=O)(=O)CC)cc2)CC1. The highest BCUT2D eigenvalue weighted by atomic mass is 32.2. The third kappa shape index (κ3) is 5.92. The first kappa shape index (κ1) is 22.6. The van der Waals surface area contributed by atoms with Crippen LogP contribution in [0.15, 0.2) is 29.2 Å². The minimum absolute atomic E-state index is 0.0175. The summed E-state index contributed by atoms with van der Waals surface area (Å²) in [5.41, 5.74) is 0. The van der Waals surface area contributed by atoms with Crippen molar-refractivity contribution in [3.8, 4) is 5.75 Å². The van der Waals surface area contributed by atoms with Crippen LogP contribution in [0.25, 0.3) is 0 Å². The maximum Gasteiger partial charge on any atom is 0.309 e. The van der Waals surface area contributed by atoms with Crippen molar-refractivity contribution in [1.82, 2.24) is 4.31 Å². The van der Waals surface area contributed by atoms with Crippen molar-refractivity contribution >= 4 is 25.8 Å². The van der Waals surface area contributed by atoms with E-state index >= 15 is 0 Å². The summed E-state index contributed by atoms with van der Waals surface area (Å²) in [6, 6.07) is 5.90. The second-order valence-corrected chi connectivity index (χ2v) is 10.9. The van der Waals surface area contributed by atoms with E-state index in [1.165, 1.54) is 28.6 Å². The first-order valence-corrected chi connectivity index (χ1v) is 12.6. The number of esters is 1. The number of sulfonamides is 1. The fourth-order valence-electron chi connectivity index (χ4n) is 2.88. The molecule has 1 aliphatic rings. The van der Waals surface area contributed by atoms with E-state index in [-0.39, 0.29) is 48.0 Å². The molecule has 0 aliphatic carbocycles. The molecule has 0 amide bonds. The number of benzene rings is 1. The Morgan fingerprint density at radius 3 is 2.21 bits per heavy atom. The van der Waals surface area contributed by atoms with E-state index in [0.29, 0.717) is 25.2 Å². The number of ether oxygens (including phenoxy) is 2. The molecular weight excluding hydrogens is 406 g/mol. The van der Waals surface area contributed by atoms with Crippen molar-refractivity contribution in [2.24, 2.45) is 5.92 Å². The number of rotatable bonds is 9. The number of nitrogens with zero attached hydrogens (tertiary/aromatic N) is 1. The molecule has 1 heterocycles. The zero-order valence-corrected chi connectivity index (χ0v) is 17.8. The number of hydrogen-bond donors (Lipinski definition) is 0. The van der Waals surface area contributed by atoms with E-state index in [2.05, 4.69) is 0 Å². The predicted molar refractivity (Wildman–Crippen MR) is 104 cm³/mol. The van der Waals surface area contributed by atoms with Crippen LogP contribution in [0, 0.1) is 5.92 Å². The van der Waals surface area contributed by atoms with Crippen LogP contribution < -0.4 is 4.74 Å². The molecule has 1 aromatic rings. The number of carbonyl (C=O) groups excluding carboxylic acids is 1. The molecule has 8 nitrogen and oxygen atoms in total. The molecule has 1 saturated heterocycles. The Labute approximate surface area is 166 Å².